The first kappa shape index (κ1) is 15.0. The lowest BCUT2D eigenvalue weighted by Crippen LogP contribution is -2.46. The Morgan fingerprint density at radius 2 is 1.54 bits per heavy atom. The quantitative estimate of drug-likeness (QED) is 0.713. The number of anilines is 2. The maximum Gasteiger partial charge on any atom is 0.208 e. The van der Waals surface area contributed by atoms with Gasteiger partial charge in [0.1, 0.15) is 5.01 Å². The SMILES string of the molecule is Cc1ccn(-c2ccc(N3CCN(c4nnc(C)s4)CC3)nn2)n1. The molecule has 0 unspecified atom stereocenters. The minimum absolute atomic E-state index is 0.731. The van der Waals surface area contributed by atoms with Crippen molar-refractivity contribution >= 4 is 22.3 Å². The molecule has 0 saturated carbocycles. The van der Waals surface area contributed by atoms with E-state index in [0.717, 1.165) is 53.6 Å². The third-order valence-electron chi connectivity index (χ3n) is 3.98. The highest BCUT2D eigenvalue weighted by Crippen LogP contribution is 2.22. The first-order valence-electron chi connectivity index (χ1n) is 7.85. The minimum atomic E-state index is 0.731. The Bertz CT molecular complexity index is 816. The molecule has 3 aromatic heterocycles. The van der Waals surface area contributed by atoms with Gasteiger partial charge in [0.15, 0.2) is 11.6 Å². The van der Waals surface area contributed by atoms with Gasteiger partial charge in [0.05, 0.1) is 5.69 Å². The lowest BCUT2D eigenvalue weighted by molar-refractivity contribution is 0.638. The molecule has 0 N–H and O–H groups in total. The molecule has 24 heavy (non-hydrogen) atoms. The van der Waals surface area contributed by atoms with Gasteiger partial charge in [0.2, 0.25) is 5.13 Å². The molecule has 124 valence electrons. The predicted octanol–water partition coefficient (Wildman–Crippen LogP) is 1.46. The molecule has 4 heterocycles. The molecule has 1 aliphatic rings. The topological polar surface area (TPSA) is 75.9 Å². The molecule has 0 aromatic carbocycles. The van der Waals surface area contributed by atoms with Gasteiger partial charge in [-0.3, -0.25) is 0 Å². The third kappa shape index (κ3) is 2.94. The molecule has 4 rings (SSSR count). The molecule has 0 bridgehead atoms. The zero-order valence-corrected chi connectivity index (χ0v) is 14.4. The molecule has 1 aliphatic heterocycles. The predicted molar refractivity (Wildman–Crippen MR) is 93.0 cm³/mol. The maximum atomic E-state index is 4.36. The van der Waals surface area contributed by atoms with E-state index in [4.69, 9.17) is 0 Å². The van der Waals surface area contributed by atoms with Gasteiger partial charge in [-0.15, -0.1) is 20.4 Å². The van der Waals surface area contributed by atoms with Crippen LogP contribution >= 0.6 is 11.3 Å². The summed E-state index contributed by atoms with van der Waals surface area (Å²) in [4.78, 5) is 4.52. The van der Waals surface area contributed by atoms with Crippen LogP contribution in [0, 0.1) is 13.8 Å². The molecule has 9 heteroatoms. The van der Waals surface area contributed by atoms with Crippen LogP contribution in [0.4, 0.5) is 10.9 Å². The van der Waals surface area contributed by atoms with E-state index in [0.29, 0.717) is 0 Å². The molecule has 0 amide bonds. The van der Waals surface area contributed by atoms with Crippen molar-refractivity contribution in [1.29, 1.82) is 0 Å². The van der Waals surface area contributed by atoms with Crippen LogP contribution in [0.2, 0.25) is 0 Å². The van der Waals surface area contributed by atoms with Crippen LogP contribution < -0.4 is 9.80 Å². The van der Waals surface area contributed by atoms with Gasteiger partial charge in [-0.1, -0.05) is 11.3 Å². The zero-order valence-electron chi connectivity index (χ0n) is 13.6. The van der Waals surface area contributed by atoms with Crippen LogP contribution in [0.15, 0.2) is 24.4 Å². The van der Waals surface area contributed by atoms with E-state index in [1.807, 2.05) is 38.2 Å². The van der Waals surface area contributed by atoms with Gasteiger partial charge in [-0.25, -0.2) is 4.68 Å². The number of aromatic nitrogens is 6. The first-order chi connectivity index (χ1) is 11.7. The standard InChI is InChI=1S/C15H18N8S/c1-11-5-6-23(20-11)14-4-3-13(17-18-14)21-7-9-22(10-8-21)15-19-16-12(2)24-15/h3-6H,7-10H2,1-2H3. The third-order valence-corrected chi connectivity index (χ3v) is 4.88. The van der Waals surface area contributed by atoms with Crippen LogP contribution in [-0.4, -0.2) is 56.4 Å². The second kappa shape index (κ2) is 6.16. The summed E-state index contributed by atoms with van der Waals surface area (Å²) in [6, 6.07) is 5.91. The Kier molecular flexibility index (Phi) is 3.85. The highest BCUT2D eigenvalue weighted by atomic mass is 32.1. The molecule has 0 atom stereocenters. The van der Waals surface area contributed by atoms with Gasteiger partial charge < -0.3 is 9.80 Å². The van der Waals surface area contributed by atoms with Crippen molar-refractivity contribution in [3.05, 3.63) is 35.1 Å². The van der Waals surface area contributed by atoms with Crippen LogP contribution in [-0.2, 0) is 0 Å². The monoisotopic (exact) mass is 342 g/mol. The van der Waals surface area contributed by atoms with Gasteiger partial charge in [0.25, 0.3) is 0 Å². The van der Waals surface area contributed by atoms with E-state index in [2.05, 4.69) is 35.3 Å². The normalized spacial score (nSPS) is 15.1. The smallest absolute Gasteiger partial charge is 0.208 e. The molecule has 8 nitrogen and oxygen atoms in total. The summed E-state index contributed by atoms with van der Waals surface area (Å²) in [6.45, 7) is 7.56. The number of piperazine rings is 1. The number of nitrogens with zero attached hydrogens (tertiary/aromatic N) is 8. The van der Waals surface area contributed by atoms with Crippen molar-refractivity contribution in [2.45, 2.75) is 13.8 Å². The van der Waals surface area contributed by atoms with E-state index in [1.165, 1.54) is 0 Å². The number of aryl methyl sites for hydroxylation is 2. The summed E-state index contributed by atoms with van der Waals surface area (Å²) in [7, 11) is 0. The van der Waals surface area contributed by atoms with Gasteiger partial charge >= 0.3 is 0 Å². The Morgan fingerprint density at radius 1 is 0.833 bits per heavy atom. The van der Waals surface area contributed by atoms with Crippen LogP contribution in [0.3, 0.4) is 0 Å². The van der Waals surface area contributed by atoms with Crippen LogP contribution in [0.1, 0.15) is 10.7 Å². The number of hydrogen-bond acceptors (Lipinski definition) is 8. The molecule has 1 saturated heterocycles. The fraction of sp³-hybridized carbons (Fsp3) is 0.400. The number of hydrogen-bond donors (Lipinski definition) is 0. The average Bonchev–Trinajstić information content (AvgIpc) is 3.24. The summed E-state index contributed by atoms with van der Waals surface area (Å²) >= 11 is 1.64. The summed E-state index contributed by atoms with van der Waals surface area (Å²) in [5.41, 5.74) is 0.962. The van der Waals surface area contributed by atoms with E-state index in [1.54, 1.807) is 16.0 Å². The molecule has 3 aromatic rings. The zero-order chi connectivity index (χ0) is 16.5. The van der Waals surface area contributed by atoms with Crippen molar-refractivity contribution in [3.8, 4) is 5.82 Å². The van der Waals surface area contributed by atoms with Gasteiger partial charge in [0, 0.05) is 32.4 Å². The lowest BCUT2D eigenvalue weighted by Gasteiger charge is -2.34. The molecule has 0 aliphatic carbocycles. The molecule has 1 fully saturated rings. The van der Waals surface area contributed by atoms with Gasteiger partial charge in [-0.05, 0) is 32.0 Å². The second-order valence-electron chi connectivity index (χ2n) is 5.73. The Morgan fingerprint density at radius 3 is 2.12 bits per heavy atom. The lowest BCUT2D eigenvalue weighted by atomic mass is 10.3. The molecule has 0 spiro atoms. The molecular formula is C15H18N8S. The van der Waals surface area contributed by atoms with Crippen molar-refractivity contribution in [2.75, 3.05) is 36.0 Å². The summed E-state index contributed by atoms with van der Waals surface area (Å²) < 4.78 is 1.74. The van der Waals surface area contributed by atoms with E-state index in [9.17, 15) is 0 Å². The Balaban J connectivity index is 1.42. The van der Waals surface area contributed by atoms with Crippen molar-refractivity contribution in [1.82, 2.24) is 30.2 Å². The fourth-order valence-electron chi connectivity index (χ4n) is 2.69. The van der Waals surface area contributed by atoms with E-state index < -0.39 is 0 Å². The summed E-state index contributed by atoms with van der Waals surface area (Å²) in [6.07, 6.45) is 1.89. The van der Waals surface area contributed by atoms with E-state index in [-0.39, 0.29) is 0 Å². The average molecular weight is 342 g/mol. The highest BCUT2D eigenvalue weighted by molar-refractivity contribution is 7.15. The largest absolute Gasteiger partial charge is 0.352 e. The number of rotatable bonds is 3. The first-order valence-corrected chi connectivity index (χ1v) is 8.67. The molecular weight excluding hydrogens is 324 g/mol. The second-order valence-corrected chi connectivity index (χ2v) is 6.89. The van der Waals surface area contributed by atoms with Crippen LogP contribution in [0.5, 0.6) is 0 Å². The van der Waals surface area contributed by atoms with E-state index >= 15 is 0 Å². The minimum Gasteiger partial charge on any atom is -0.352 e. The highest BCUT2D eigenvalue weighted by Gasteiger charge is 2.21. The van der Waals surface area contributed by atoms with Gasteiger partial charge in [-0.2, -0.15) is 5.10 Å². The summed E-state index contributed by atoms with van der Waals surface area (Å²) in [5.74, 6) is 1.63. The maximum absolute atomic E-state index is 4.36. The van der Waals surface area contributed by atoms with Crippen molar-refractivity contribution in [3.63, 3.8) is 0 Å². The van der Waals surface area contributed by atoms with Crippen molar-refractivity contribution < 1.29 is 0 Å². The Labute approximate surface area is 143 Å². The van der Waals surface area contributed by atoms with Crippen molar-refractivity contribution in [2.24, 2.45) is 0 Å². The fourth-order valence-corrected chi connectivity index (χ4v) is 3.43. The summed E-state index contributed by atoms with van der Waals surface area (Å²) in [5, 5.41) is 23.3. The Hall–Kier alpha value is -2.55. The van der Waals surface area contributed by atoms with Crippen LogP contribution in [0.25, 0.3) is 5.82 Å². The molecule has 0 radical (unpaired) electrons.